The minimum absolute atomic E-state index is 0. The van der Waals surface area contributed by atoms with Crippen LogP contribution in [0.15, 0.2) is 24.3 Å². The number of benzene rings is 1. The Bertz CT molecular complexity index is 368. The summed E-state index contributed by atoms with van der Waals surface area (Å²) < 4.78 is 6.05. The number of ether oxygens (including phenoxy) is 1. The van der Waals surface area contributed by atoms with Crippen molar-refractivity contribution in [3.05, 3.63) is 29.3 Å². The minimum atomic E-state index is 0. The van der Waals surface area contributed by atoms with Gasteiger partial charge in [0.2, 0.25) is 0 Å². The van der Waals surface area contributed by atoms with Gasteiger partial charge in [-0.3, -0.25) is 0 Å². The molecule has 0 radical (unpaired) electrons. The van der Waals surface area contributed by atoms with Gasteiger partial charge in [-0.15, -0.1) is 12.4 Å². The third-order valence-electron chi connectivity index (χ3n) is 3.79. The maximum absolute atomic E-state index is 6.05. The third kappa shape index (κ3) is 2.70. The minimum Gasteiger partial charge on any atom is -0.490 e. The first-order valence-electron chi connectivity index (χ1n) is 5.96. The van der Waals surface area contributed by atoms with Crippen molar-refractivity contribution >= 4 is 24.0 Å². The fourth-order valence-electron chi connectivity index (χ4n) is 2.93. The maximum Gasteiger partial charge on any atom is 0.119 e. The number of nitrogens with one attached hydrogen (secondary N) is 1. The van der Waals surface area contributed by atoms with Crippen molar-refractivity contribution in [2.75, 3.05) is 13.1 Å². The Kier molecular flexibility index (Phi) is 4.18. The van der Waals surface area contributed by atoms with Gasteiger partial charge in [-0.2, -0.15) is 0 Å². The first kappa shape index (κ1) is 13.0. The van der Waals surface area contributed by atoms with Crippen LogP contribution in [-0.4, -0.2) is 19.2 Å². The molecular formula is C13H17Cl2NO. The molecule has 1 aromatic rings. The molecule has 0 spiro atoms. The van der Waals surface area contributed by atoms with Crippen LogP contribution < -0.4 is 10.1 Å². The maximum atomic E-state index is 6.05. The van der Waals surface area contributed by atoms with Gasteiger partial charge in [-0.05, 0) is 49.6 Å². The van der Waals surface area contributed by atoms with Crippen molar-refractivity contribution in [2.24, 2.45) is 11.8 Å². The van der Waals surface area contributed by atoms with Crippen LogP contribution >= 0.6 is 24.0 Å². The summed E-state index contributed by atoms with van der Waals surface area (Å²) in [4.78, 5) is 0. The quantitative estimate of drug-likeness (QED) is 0.894. The van der Waals surface area contributed by atoms with Crippen LogP contribution in [0, 0.1) is 11.8 Å². The smallest absolute Gasteiger partial charge is 0.119 e. The van der Waals surface area contributed by atoms with Crippen LogP contribution in [0.25, 0.3) is 0 Å². The van der Waals surface area contributed by atoms with Gasteiger partial charge < -0.3 is 10.1 Å². The molecule has 0 aromatic heterocycles. The van der Waals surface area contributed by atoms with Crippen LogP contribution in [0.3, 0.4) is 0 Å². The first-order valence-corrected chi connectivity index (χ1v) is 6.33. The number of hydrogen-bond acceptors (Lipinski definition) is 2. The van der Waals surface area contributed by atoms with Gasteiger partial charge in [-0.25, -0.2) is 0 Å². The van der Waals surface area contributed by atoms with Crippen LogP contribution in [0.5, 0.6) is 5.75 Å². The van der Waals surface area contributed by atoms with Crippen LogP contribution in [-0.2, 0) is 0 Å². The van der Waals surface area contributed by atoms with Gasteiger partial charge in [0.1, 0.15) is 11.9 Å². The Morgan fingerprint density at radius 1 is 1.12 bits per heavy atom. The summed E-state index contributed by atoms with van der Waals surface area (Å²) in [6.45, 7) is 2.29. The van der Waals surface area contributed by atoms with Crippen LogP contribution in [0.1, 0.15) is 12.8 Å². The van der Waals surface area contributed by atoms with Gasteiger partial charge in [0.25, 0.3) is 0 Å². The lowest BCUT2D eigenvalue weighted by Crippen LogP contribution is -2.26. The highest BCUT2D eigenvalue weighted by Gasteiger charge is 2.40. The van der Waals surface area contributed by atoms with Crippen molar-refractivity contribution < 1.29 is 4.74 Å². The fourth-order valence-corrected chi connectivity index (χ4v) is 3.06. The van der Waals surface area contributed by atoms with E-state index >= 15 is 0 Å². The van der Waals surface area contributed by atoms with Gasteiger partial charge in [0, 0.05) is 17.5 Å². The van der Waals surface area contributed by atoms with Crippen molar-refractivity contribution in [2.45, 2.75) is 18.9 Å². The van der Waals surface area contributed by atoms with Crippen molar-refractivity contribution in [3.8, 4) is 5.75 Å². The highest BCUT2D eigenvalue weighted by atomic mass is 35.5. The number of halogens is 2. The van der Waals surface area contributed by atoms with Crippen LogP contribution in [0.2, 0.25) is 5.02 Å². The molecule has 2 fully saturated rings. The Hall–Kier alpha value is -0.440. The van der Waals surface area contributed by atoms with Crippen molar-refractivity contribution in [1.82, 2.24) is 5.32 Å². The molecule has 1 saturated heterocycles. The number of rotatable bonds is 2. The van der Waals surface area contributed by atoms with E-state index in [4.69, 9.17) is 16.3 Å². The normalized spacial score (nSPS) is 30.8. The molecule has 2 unspecified atom stereocenters. The van der Waals surface area contributed by atoms with E-state index in [0.717, 1.165) is 23.2 Å². The summed E-state index contributed by atoms with van der Waals surface area (Å²) in [5.74, 6) is 2.48. The number of fused-ring (bicyclic) bond motifs is 1. The molecule has 2 nitrogen and oxygen atoms in total. The second-order valence-corrected chi connectivity index (χ2v) is 5.21. The van der Waals surface area contributed by atoms with Gasteiger partial charge in [0.05, 0.1) is 0 Å². The molecule has 1 N–H and O–H groups in total. The van der Waals surface area contributed by atoms with E-state index in [1.54, 1.807) is 0 Å². The van der Waals surface area contributed by atoms with Crippen LogP contribution in [0.4, 0.5) is 0 Å². The van der Waals surface area contributed by atoms with Crippen molar-refractivity contribution in [3.63, 3.8) is 0 Å². The summed E-state index contributed by atoms with van der Waals surface area (Å²) in [7, 11) is 0. The predicted octanol–water partition coefficient (Wildman–Crippen LogP) is 3.14. The summed E-state index contributed by atoms with van der Waals surface area (Å²) in [6, 6.07) is 7.68. The lowest BCUT2D eigenvalue weighted by Gasteiger charge is -2.19. The standard InChI is InChI=1S/C13H16ClNO.ClH/c14-10-2-4-11(5-3-10)16-13-6-1-9-7-15-8-12(9)13;/h2-5,9,12-13,15H,1,6-8H2;1H/t9?,12?,13-;/m0./s1. The first-order chi connectivity index (χ1) is 7.83. The summed E-state index contributed by atoms with van der Waals surface area (Å²) in [5, 5.41) is 4.21. The average molecular weight is 274 g/mol. The zero-order chi connectivity index (χ0) is 11.0. The topological polar surface area (TPSA) is 21.3 Å². The van der Waals surface area contributed by atoms with E-state index in [9.17, 15) is 0 Å². The molecule has 94 valence electrons. The highest BCUT2D eigenvalue weighted by molar-refractivity contribution is 6.30. The van der Waals surface area contributed by atoms with E-state index in [2.05, 4.69) is 5.32 Å². The van der Waals surface area contributed by atoms with E-state index in [0.29, 0.717) is 12.0 Å². The van der Waals surface area contributed by atoms with E-state index < -0.39 is 0 Å². The third-order valence-corrected chi connectivity index (χ3v) is 4.04. The summed E-state index contributed by atoms with van der Waals surface area (Å²) in [6.07, 6.45) is 2.89. The number of hydrogen-bond donors (Lipinski definition) is 1. The largest absolute Gasteiger partial charge is 0.490 e. The van der Waals surface area contributed by atoms with Gasteiger partial charge in [0.15, 0.2) is 0 Å². The van der Waals surface area contributed by atoms with E-state index in [-0.39, 0.29) is 12.4 Å². The van der Waals surface area contributed by atoms with Gasteiger partial charge >= 0.3 is 0 Å². The molecule has 0 bridgehead atoms. The molecule has 0 amide bonds. The molecular weight excluding hydrogens is 257 g/mol. The lowest BCUT2D eigenvalue weighted by molar-refractivity contribution is 0.158. The lowest BCUT2D eigenvalue weighted by atomic mass is 9.99. The average Bonchev–Trinajstić information content (AvgIpc) is 2.86. The van der Waals surface area contributed by atoms with E-state index in [1.807, 2.05) is 24.3 Å². The highest BCUT2D eigenvalue weighted by Crippen LogP contribution is 2.37. The Morgan fingerprint density at radius 3 is 2.65 bits per heavy atom. The predicted molar refractivity (Wildman–Crippen MR) is 72.2 cm³/mol. The molecule has 1 aliphatic carbocycles. The van der Waals surface area contributed by atoms with E-state index in [1.165, 1.54) is 19.4 Å². The molecule has 17 heavy (non-hydrogen) atoms. The zero-order valence-electron chi connectivity index (χ0n) is 9.56. The fraction of sp³-hybridized carbons (Fsp3) is 0.538. The Labute approximate surface area is 113 Å². The second kappa shape index (κ2) is 5.47. The second-order valence-electron chi connectivity index (χ2n) is 4.77. The summed E-state index contributed by atoms with van der Waals surface area (Å²) >= 11 is 5.85. The molecule has 1 aliphatic heterocycles. The molecule has 3 atom stereocenters. The SMILES string of the molecule is Cl.Clc1ccc(O[C@H]2CCC3CNCC32)cc1. The molecule has 2 aliphatic rings. The van der Waals surface area contributed by atoms with Crippen molar-refractivity contribution in [1.29, 1.82) is 0 Å². The molecule has 1 saturated carbocycles. The molecule has 1 aromatic carbocycles. The summed E-state index contributed by atoms with van der Waals surface area (Å²) in [5.41, 5.74) is 0. The van der Waals surface area contributed by atoms with Gasteiger partial charge in [-0.1, -0.05) is 11.6 Å². The Balaban J connectivity index is 0.00000108. The monoisotopic (exact) mass is 273 g/mol. The molecule has 4 heteroatoms. The Morgan fingerprint density at radius 2 is 1.88 bits per heavy atom. The molecule has 1 heterocycles. The molecule has 3 rings (SSSR count). The zero-order valence-corrected chi connectivity index (χ0v) is 11.1.